The lowest BCUT2D eigenvalue weighted by molar-refractivity contribution is 0.0965. The van der Waals surface area contributed by atoms with Gasteiger partial charge in [-0.25, -0.2) is 4.68 Å². The molecule has 36 heavy (non-hydrogen) atoms. The van der Waals surface area contributed by atoms with E-state index in [1.54, 1.807) is 7.11 Å². The lowest BCUT2D eigenvalue weighted by atomic mass is 9.84. The van der Waals surface area contributed by atoms with Crippen molar-refractivity contribution in [3.63, 3.8) is 0 Å². The van der Waals surface area contributed by atoms with Gasteiger partial charge in [0.25, 0.3) is 0 Å². The number of hydrogen-bond donors (Lipinski definition) is 1. The van der Waals surface area contributed by atoms with Gasteiger partial charge < -0.3 is 19.3 Å². The summed E-state index contributed by atoms with van der Waals surface area (Å²) in [7, 11) is 1.67. The number of aromatic nitrogens is 4. The van der Waals surface area contributed by atoms with Gasteiger partial charge in [0, 0.05) is 37.3 Å². The summed E-state index contributed by atoms with van der Waals surface area (Å²) < 4.78 is 14.3. The van der Waals surface area contributed by atoms with Crippen molar-refractivity contribution in [3.8, 4) is 5.75 Å². The Bertz CT molecular complexity index is 1300. The van der Waals surface area contributed by atoms with E-state index in [1.165, 1.54) is 9.20 Å². The van der Waals surface area contributed by atoms with E-state index in [9.17, 15) is 4.79 Å². The third-order valence-electron chi connectivity index (χ3n) is 6.61. The molecule has 1 aromatic carbocycles. The molecule has 1 saturated heterocycles. The fourth-order valence-corrected chi connectivity index (χ4v) is 4.56. The molecule has 3 heterocycles. The molecule has 1 N–H and O–H groups in total. The first-order chi connectivity index (χ1) is 17.2. The second kappa shape index (κ2) is 10.3. The van der Waals surface area contributed by atoms with Crippen LogP contribution in [0.1, 0.15) is 50.5 Å². The van der Waals surface area contributed by atoms with Gasteiger partial charge in [-0.15, -0.1) is 10.2 Å². The number of benzene rings is 1. The predicted molar refractivity (Wildman–Crippen MR) is 139 cm³/mol. The lowest BCUT2D eigenvalue weighted by Crippen LogP contribution is -2.37. The van der Waals surface area contributed by atoms with Crippen molar-refractivity contribution in [1.82, 2.24) is 19.4 Å². The zero-order chi connectivity index (χ0) is 26.0. The minimum atomic E-state index is -0.232. The van der Waals surface area contributed by atoms with Crippen LogP contribution in [0.2, 0.25) is 0 Å². The second-order valence-corrected chi connectivity index (χ2v) is 9.96. The van der Waals surface area contributed by atoms with Crippen molar-refractivity contribution in [2.45, 2.75) is 46.6 Å². The summed E-state index contributed by atoms with van der Waals surface area (Å²) in [5.74, 6) is 1.44. The molecule has 0 saturated carbocycles. The van der Waals surface area contributed by atoms with Crippen molar-refractivity contribution >= 4 is 22.9 Å². The van der Waals surface area contributed by atoms with Crippen LogP contribution in [0.5, 0.6) is 5.75 Å². The van der Waals surface area contributed by atoms with E-state index in [-0.39, 0.29) is 23.4 Å². The fraction of sp³-hybridized carbons (Fsp3) is 0.538. The largest absolute Gasteiger partial charge is 0.494 e. The molecule has 0 spiro atoms. The van der Waals surface area contributed by atoms with Gasteiger partial charge in [0.1, 0.15) is 18.1 Å². The van der Waals surface area contributed by atoms with E-state index in [0.717, 1.165) is 49.0 Å². The van der Waals surface area contributed by atoms with Gasteiger partial charge in [0.05, 0.1) is 26.0 Å². The van der Waals surface area contributed by atoms with Gasteiger partial charge >= 0.3 is 0 Å². The van der Waals surface area contributed by atoms with Gasteiger partial charge in [0.2, 0.25) is 5.62 Å². The van der Waals surface area contributed by atoms with Crippen molar-refractivity contribution < 1.29 is 14.3 Å². The molecule has 0 aliphatic carbocycles. The van der Waals surface area contributed by atoms with Crippen molar-refractivity contribution in [3.05, 3.63) is 41.0 Å². The molecule has 4 rings (SSSR count). The van der Waals surface area contributed by atoms with Gasteiger partial charge in [-0.3, -0.25) is 10.2 Å². The van der Waals surface area contributed by atoms with Crippen LogP contribution >= 0.6 is 0 Å². The van der Waals surface area contributed by atoms with Gasteiger partial charge in [-0.05, 0) is 43.5 Å². The minimum Gasteiger partial charge on any atom is -0.494 e. The number of carbonyl (C=O) groups excluding carboxylic acids is 1. The Kier molecular flexibility index (Phi) is 7.35. The van der Waals surface area contributed by atoms with Crippen LogP contribution in [0.3, 0.4) is 0 Å². The molecule has 0 atom stereocenters. The van der Waals surface area contributed by atoms with Gasteiger partial charge in [0.15, 0.2) is 11.4 Å². The van der Waals surface area contributed by atoms with E-state index < -0.39 is 0 Å². The molecule has 2 aromatic heterocycles. The average molecular weight is 496 g/mol. The zero-order valence-electron chi connectivity index (χ0n) is 22.2. The number of anilines is 2. The molecule has 3 aromatic rings. The van der Waals surface area contributed by atoms with Crippen LogP contribution in [0.15, 0.2) is 24.3 Å². The molecule has 194 valence electrons. The first-order valence-corrected chi connectivity index (χ1v) is 12.5. The number of nitrogens with one attached hydrogen (secondary N) is 1. The Morgan fingerprint density at radius 2 is 1.83 bits per heavy atom. The molecule has 10 heteroatoms. The lowest BCUT2D eigenvalue weighted by Gasteiger charge is -2.33. The van der Waals surface area contributed by atoms with Crippen LogP contribution in [0, 0.1) is 5.41 Å². The predicted octanol–water partition coefficient (Wildman–Crippen LogP) is 2.88. The molecule has 0 amide bonds. The van der Waals surface area contributed by atoms with Crippen LogP contribution < -0.4 is 20.2 Å². The Balaban J connectivity index is 1.72. The minimum absolute atomic E-state index is 0.0543. The van der Waals surface area contributed by atoms with Crippen LogP contribution in [-0.2, 0) is 16.7 Å². The quantitative estimate of drug-likeness (QED) is 0.480. The van der Waals surface area contributed by atoms with E-state index in [2.05, 4.69) is 54.6 Å². The summed E-state index contributed by atoms with van der Waals surface area (Å²) in [5.41, 5.74) is 2.79. The highest BCUT2D eigenvalue weighted by molar-refractivity contribution is 5.97. The van der Waals surface area contributed by atoms with Crippen molar-refractivity contribution in [1.29, 1.82) is 5.41 Å². The molecule has 0 bridgehead atoms. The second-order valence-electron chi connectivity index (χ2n) is 9.96. The Morgan fingerprint density at radius 1 is 1.14 bits per heavy atom. The zero-order valence-corrected chi connectivity index (χ0v) is 22.2. The number of carbonyl (C=O) groups is 1. The highest BCUT2D eigenvalue weighted by Crippen LogP contribution is 2.40. The number of rotatable bonds is 8. The number of fused-ring (bicyclic) bond motifs is 1. The monoisotopic (exact) mass is 495 g/mol. The van der Waals surface area contributed by atoms with Crippen LogP contribution in [0.4, 0.5) is 11.5 Å². The van der Waals surface area contributed by atoms with E-state index in [4.69, 9.17) is 14.9 Å². The molecule has 1 fully saturated rings. The normalized spacial score (nSPS) is 14.3. The van der Waals surface area contributed by atoms with E-state index in [1.807, 2.05) is 24.3 Å². The maximum atomic E-state index is 13.6. The topological polar surface area (TPSA) is 101 Å². The summed E-state index contributed by atoms with van der Waals surface area (Å²) in [6.45, 7) is 14.8. The van der Waals surface area contributed by atoms with Crippen molar-refractivity contribution in [2.24, 2.45) is 0 Å². The summed E-state index contributed by atoms with van der Waals surface area (Å²) in [6, 6.07) is 7.55. The maximum absolute atomic E-state index is 13.6. The molecular formula is C26H37N7O3. The first kappa shape index (κ1) is 25.7. The number of hydrogen-bond acceptors (Lipinski definition) is 8. The highest BCUT2D eigenvalue weighted by Gasteiger charge is 2.27. The average Bonchev–Trinajstić information content (AvgIpc) is 3.18. The van der Waals surface area contributed by atoms with E-state index >= 15 is 0 Å². The Hall–Kier alpha value is -3.40. The summed E-state index contributed by atoms with van der Waals surface area (Å²) in [6.07, 6.45) is 0. The number of ether oxygens (including phenoxy) is 2. The number of morpholine rings is 1. The molecule has 1 aliphatic heterocycles. The Labute approximate surface area is 211 Å². The third kappa shape index (κ3) is 4.95. The number of Topliss-reactive ketones (excluding diaryl/α,β-unsaturated/α-hetero) is 1. The summed E-state index contributed by atoms with van der Waals surface area (Å²) >= 11 is 0. The summed E-state index contributed by atoms with van der Waals surface area (Å²) in [4.78, 5) is 17.9. The number of methoxy groups -OCH3 is 1. The third-order valence-corrected chi connectivity index (χ3v) is 6.61. The number of nitrogens with zero attached hydrogens (tertiary/aromatic N) is 6. The SMILES string of the molecule is CCN(CC)c1ccc2nn(CC(=O)c3cc(N4CCOCC4)c(OC)c(C(C)(C)C)c3)c(=N)n2n1. The van der Waals surface area contributed by atoms with Gasteiger partial charge in [-0.1, -0.05) is 20.8 Å². The molecular weight excluding hydrogens is 458 g/mol. The molecule has 0 radical (unpaired) electrons. The molecule has 0 unspecified atom stereocenters. The molecule has 10 nitrogen and oxygen atoms in total. The van der Waals surface area contributed by atoms with Crippen LogP contribution in [-0.4, -0.2) is 71.7 Å². The smallest absolute Gasteiger partial charge is 0.242 e. The fourth-order valence-electron chi connectivity index (χ4n) is 4.56. The number of ketones is 1. The van der Waals surface area contributed by atoms with Crippen LogP contribution in [0.25, 0.3) is 5.65 Å². The highest BCUT2D eigenvalue weighted by atomic mass is 16.5. The maximum Gasteiger partial charge on any atom is 0.242 e. The standard InChI is InChI=1S/C26H37N7O3/c1-7-30(8-2)22-9-10-23-28-32(25(27)33(23)29-22)17-21(34)18-15-19(26(3,4)5)24(35-6)20(16-18)31-11-13-36-14-12-31/h9-10,15-16,27H,7-8,11-14,17H2,1-6H3. The first-order valence-electron chi connectivity index (χ1n) is 12.5. The summed E-state index contributed by atoms with van der Waals surface area (Å²) in [5, 5.41) is 17.7. The Morgan fingerprint density at radius 3 is 2.44 bits per heavy atom. The van der Waals surface area contributed by atoms with Gasteiger partial charge in [-0.2, -0.15) is 4.52 Å². The van der Waals surface area contributed by atoms with E-state index in [0.29, 0.717) is 24.4 Å². The van der Waals surface area contributed by atoms with Crippen molar-refractivity contribution in [2.75, 3.05) is 56.3 Å². The molecule has 1 aliphatic rings.